The van der Waals surface area contributed by atoms with Crippen LogP contribution in [0.25, 0.3) is 0 Å². The van der Waals surface area contributed by atoms with E-state index >= 15 is 0 Å². The van der Waals surface area contributed by atoms with Crippen molar-refractivity contribution in [3.05, 3.63) is 0 Å². The van der Waals surface area contributed by atoms with Crippen molar-refractivity contribution in [2.45, 2.75) is 39.9 Å². The van der Waals surface area contributed by atoms with Gasteiger partial charge < -0.3 is 4.74 Å². The molecule has 0 bridgehead atoms. The lowest BCUT2D eigenvalue weighted by molar-refractivity contribution is -0.0611. The summed E-state index contributed by atoms with van der Waals surface area (Å²) in [6, 6.07) is 0. The molecule has 0 fully saturated rings. The highest BCUT2D eigenvalue weighted by molar-refractivity contribution is 7.88. The van der Waals surface area contributed by atoms with Crippen molar-refractivity contribution in [1.29, 1.82) is 0 Å². The lowest BCUT2D eigenvalue weighted by atomic mass is 9.86. The second-order valence-electron chi connectivity index (χ2n) is 6.30. The number of ether oxygens (including phenoxy) is 1. The molecule has 0 saturated carbocycles. The molecule has 1 atom stereocenters. The Morgan fingerprint density at radius 1 is 1.14 bits per heavy atom. The van der Waals surface area contributed by atoms with Crippen molar-refractivity contribution < 1.29 is 21.6 Å². The molecule has 0 aliphatic heterocycles. The third-order valence-electron chi connectivity index (χ3n) is 3.09. The van der Waals surface area contributed by atoms with Crippen LogP contribution >= 0.6 is 0 Å². The Bertz CT molecular complexity index is 526. The van der Waals surface area contributed by atoms with Crippen LogP contribution in [0, 0.1) is 5.41 Å². The van der Waals surface area contributed by atoms with E-state index in [1.165, 1.54) is 11.4 Å². The number of hydrogen-bond donors (Lipinski definition) is 1. The van der Waals surface area contributed by atoms with Gasteiger partial charge in [0.1, 0.15) is 0 Å². The number of nitrogens with zero attached hydrogens (tertiary/aromatic N) is 1. The van der Waals surface area contributed by atoms with E-state index in [0.29, 0.717) is 0 Å². The zero-order valence-corrected chi connectivity index (χ0v) is 15.5. The van der Waals surface area contributed by atoms with Crippen LogP contribution in [0.3, 0.4) is 0 Å². The predicted octanol–water partition coefficient (Wildman–Crippen LogP) is 0.247. The summed E-state index contributed by atoms with van der Waals surface area (Å²) in [5.74, 6) is 0. The molecule has 0 amide bonds. The highest BCUT2D eigenvalue weighted by Gasteiger charge is 2.34. The molecule has 0 rings (SSSR count). The molecular formula is C12H28N2O5S2. The number of rotatable bonds is 9. The zero-order chi connectivity index (χ0) is 17.1. The van der Waals surface area contributed by atoms with E-state index in [2.05, 4.69) is 4.72 Å². The summed E-state index contributed by atoms with van der Waals surface area (Å²) in [6.45, 7) is 7.72. The van der Waals surface area contributed by atoms with E-state index in [9.17, 15) is 16.8 Å². The fourth-order valence-corrected chi connectivity index (χ4v) is 2.64. The molecule has 0 aliphatic rings. The molecule has 0 aromatic carbocycles. The topological polar surface area (TPSA) is 92.8 Å². The summed E-state index contributed by atoms with van der Waals surface area (Å²) >= 11 is 0. The summed E-state index contributed by atoms with van der Waals surface area (Å²) in [7, 11) is -5.16. The third-order valence-corrected chi connectivity index (χ3v) is 5.04. The van der Waals surface area contributed by atoms with Crippen LogP contribution in [0.4, 0.5) is 0 Å². The first-order chi connectivity index (χ1) is 9.15. The van der Waals surface area contributed by atoms with Crippen LogP contribution in [0.5, 0.6) is 0 Å². The van der Waals surface area contributed by atoms with E-state index in [1.807, 2.05) is 27.7 Å². The van der Waals surface area contributed by atoms with Gasteiger partial charge in [-0.05, 0) is 13.8 Å². The minimum absolute atomic E-state index is 0.0968. The predicted molar refractivity (Wildman–Crippen MR) is 84.1 cm³/mol. The van der Waals surface area contributed by atoms with Crippen molar-refractivity contribution in [3.63, 3.8) is 0 Å². The van der Waals surface area contributed by atoms with Crippen LogP contribution in [0.2, 0.25) is 0 Å². The second-order valence-corrected chi connectivity index (χ2v) is 10.2. The van der Waals surface area contributed by atoms with Crippen LogP contribution in [-0.4, -0.2) is 66.0 Å². The molecule has 9 heteroatoms. The van der Waals surface area contributed by atoms with Crippen molar-refractivity contribution in [1.82, 2.24) is 9.03 Å². The zero-order valence-electron chi connectivity index (χ0n) is 13.9. The normalized spacial score (nSPS) is 15.7. The number of sulfonamides is 2. The van der Waals surface area contributed by atoms with Gasteiger partial charge in [-0.3, -0.25) is 0 Å². The Morgan fingerprint density at radius 2 is 1.62 bits per heavy atom. The lowest BCUT2D eigenvalue weighted by Crippen LogP contribution is -2.48. The van der Waals surface area contributed by atoms with Gasteiger partial charge in [0.25, 0.3) is 0 Å². The average Bonchev–Trinajstić information content (AvgIpc) is 2.22. The molecule has 0 aromatic heterocycles. The largest absolute Gasteiger partial charge is 0.374 e. The molecule has 0 aromatic rings. The van der Waals surface area contributed by atoms with Gasteiger partial charge in [0.15, 0.2) is 0 Å². The number of nitrogens with one attached hydrogen (secondary N) is 1. The molecular weight excluding hydrogens is 316 g/mol. The van der Waals surface area contributed by atoms with E-state index in [4.69, 9.17) is 4.74 Å². The summed E-state index contributed by atoms with van der Waals surface area (Å²) in [4.78, 5) is 0. The Morgan fingerprint density at radius 3 is 1.95 bits per heavy atom. The van der Waals surface area contributed by atoms with Crippen LogP contribution in [0.15, 0.2) is 0 Å². The molecule has 7 nitrogen and oxygen atoms in total. The fraction of sp³-hybridized carbons (Fsp3) is 1.00. The minimum atomic E-state index is -3.32. The average molecular weight is 344 g/mol. The monoisotopic (exact) mass is 344 g/mol. The number of hydrogen-bond acceptors (Lipinski definition) is 5. The van der Waals surface area contributed by atoms with Crippen LogP contribution in [-0.2, 0) is 24.8 Å². The number of likely N-dealkylation sites (N-methyl/N-ethyl adjacent to an activating group) is 1. The Labute approximate surface area is 129 Å². The Hall–Kier alpha value is -0.220. The Kier molecular flexibility index (Phi) is 7.29. The van der Waals surface area contributed by atoms with E-state index in [0.717, 1.165) is 12.5 Å². The summed E-state index contributed by atoms with van der Waals surface area (Å²) in [5, 5.41) is 0. The first-order valence-corrected chi connectivity index (χ1v) is 10.4. The maximum Gasteiger partial charge on any atom is 0.211 e. The molecule has 1 unspecified atom stereocenters. The first kappa shape index (κ1) is 20.8. The maximum atomic E-state index is 11.6. The van der Waals surface area contributed by atoms with Gasteiger partial charge >= 0.3 is 0 Å². The van der Waals surface area contributed by atoms with Gasteiger partial charge in [-0.15, -0.1) is 0 Å². The quantitative estimate of drug-likeness (QED) is 0.647. The molecule has 0 aliphatic carbocycles. The standard InChI is InChI=1S/C12H28N2O5S2/c1-10(2)19-11(8-14(5)21(7,17)18)12(3,4)9-13-20(6,15)16/h10-11,13H,8-9H2,1-7H3. The first-order valence-electron chi connectivity index (χ1n) is 6.66. The van der Waals surface area contributed by atoms with E-state index < -0.39 is 31.6 Å². The highest BCUT2D eigenvalue weighted by Crippen LogP contribution is 2.25. The van der Waals surface area contributed by atoms with Crippen molar-refractivity contribution in [3.8, 4) is 0 Å². The van der Waals surface area contributed by atoms with Gasteiger partial charge in [-0.1, -0.05) is 13.8 Å². The smallest absolute Gasteiger partial charge is 0.211 e. The minimum Gasteiger partial charge on any atom is -0.374 e. The van der Waals surface area contributed by atoms with Crippen molar-refractivity contribution >= 4 is 20.0 Å². The molecule has 1 N–H and O–H groups in total. The Balaban J connectivity index is 5.11. The van der Waals surface area contributed by atoms with Crippen LogP contribution in [0.1, 0.15) is 27.7 Å². The van der Waals surface area contributed by atoms with E-state index in [-0.39, 0.29) is 19.2 Å². The molecule has 0 radical (unpaired) electrons. The molecule has 21 heavy (non-hydrogen) atoms. The highest BCUT2D eigenvalue weighted by atomic mass is 32.2. The molecule has 128 valence electrons. The van der Waals surface area contributed by atoms with Gasteiger partial charge in [0.05, 0.1) is 24.7 Å². The van der Waals surface area contributed by atoms with Crippen LogP contribution < -0.4 is 4.72 Å². The molecule has 0 spiro atoms. The summed E-state index contributed by atoms with van der Waals surface area (Å²) < 4.78 is 55.1. The van der Waals surface area contributed by atoms with Gasteiger partial charge in [0.2, 0.25) is 20.0 Å². The van der Waals surface area contributed by atoms with Gasteiger partial charge in [-0.25, -0.2) is 25.9 Å². The molecule has 0 heterocycles. The van der Waals surface area contributed by atoms with E-state index in [1.54, 1.807) is 0 Å². The second kappa shape index (κ2) is 7.36. The lowest BCUT2D eigenvalue weighted by Gasteiger charge is -2.37. The molecule has 0 saturated heterocycles. The SMILES string of the molecule is CC(C)OC(CN(C)S(C)(=O)=O)C(C)(C)CNS(C)(=O)=O. The van der Waals surface area contributed by atoms with Crippen molar-refractivity contribution in [2.24, 2.45) is 5.41 Å². The summed E-state index contributed by atoms with van der Waals surface area (Å²) in [6.07, 6.45) is 1.68. The van der Waals surface area contributed by atoms with Gasteiger partial charge in [-0.2, -0.15) is 0 Å². The maximum absolute atomic E-state index is 11.6. The summed E-state index contributed by atoms with van der Waals surface area (Å²) in [5.41, 5.74) is -0.563. The third kappa shape index (κ3) is 8.72. The van der Waals surface area contributed by atoms with Crippen molar-refractivity contribution in [2.75, 3.05) is 32.6 Å². The van der Waals surface area contributed by atoms with Gasteiger partial charge in [0, 0.05) is 25.6 Å². The fourth-order valence-electron chi connectivity index (χ4n) is 1.60.